The molecule has 0 atom stereocenters. The van der Waals surface area contributed by atoms with E-state index in [0.717, 1.165) is 21.7 Å². The Bertz CT molecular complexity index is 860. The van der Waals surface area contributed by atoms with Crippen molar-refractivity contribution in [2.24, 2.45) is 0 Å². The van der Waals surface area contributed by atoms with Crippen LogP contribution in [0.4, 0.5) is 0 Å². The average Bonchev–Trinajstić information content (AvgIpc) is 3.05. The second-order valence-corrected chi connectivity index (χ2v) is 6.91. The molecule has 0 saturated heterocycles. The van der Waals surface area contributed by atoms with Crippen LogP contribution in [-0.4, -0.2) is 15.8 Å². The molecular formula is C15H14N2O2S2. The molecule has 0 amide bonds. The molecule has 21 heavy (non-hydrogen) atoms. The molecule has 108 valence electrons. The first-order chi connectivity index (χ1) is 10.1. The SMILES string of the molecule is CCc1c(C)sc2nc(CC(=O)c3cccs3)[nH]c(=O)c12. The van der Waals surface area contributed by atoms with Gasteiger partial charge in [0, 0.05) is 4.88 Å². The number of nitrogens with one attached hydrogen (secondary N) is 1. The number of nitrogens with zero attached hydrogens (tertiary/aromatic N) is 1. The van der Waals surface area contributed by atoms with Crippen molar-refractivity contribution in [3.05, 3.63) is 49.0 Å². The van der Waals surface area contributed by atoms with Crippen LogP contribution in [0.15, 0.2) is 22.3 Å². The van der Waals surface area contributed by atoms with Crippen molar-refractivity contribution in [3.8, 4) is 0 Å². The molecule has 0 spiro atoms. The number of fused-ring (bicyclic) bond motifs is 1. The Morgan fingerprint density at radius 1 is 1.43 bits per heavy atom. The molecule has 0 radical (unpaired) electrons. The van der Waals surface area contributed by atoms with Crippen molar-refractivity contribution in [1.82, 2.24) is 9.97 Å². The van der Waals surface area contributed by atoms with E-state index < -0.39 is 0 Å². The zero-order chi connectivity index (χ0) is 15.0. The molecule has 3 heterocycles. The van der Waals surface area contributed by atoms with Gasteiger partial charge in [-0.1, -0.05) is 13.0 Å². The monoisotopic (exact) mass is 318 g/mol. The van der Waals surface area contributed by atoms with Gasteiger partial charge in [-0.05, 0) is 30.4 Å². The number of rotatable bonds is 4. The minimum atomic E-state index is -0.143. The topological polar surface area (TPSA) is 62.8 Å². The maximum Gasteiger partial charge on any atom is 0.259 e. The van der Waals surface area contributed by atoms with Gasteiger partial charge >= 0.3 is 0 Å². The molecule has 4 nitrogen and oxygen atoms in total. The molecule has 3 aromatic heterocycles. The van der Waals surface area contributed by atoms with Crippen LogP contribution in [0.25, 0.3) is 10.2 Å². The number of carbonyl (C=O) groups excluding carboxylic acids is 1. The normalized spacial score (nSPS) is 11.1. The third kappa shape index (κ3) is 2.56. The van der Waals surface area contributed by atoms with Crippen LogP contribution >= 0.6 is 22.7 Å². The molecule has 0 aliphatic carbocycles. The molecule has 0 bridgehead atoms. The van der Waals surface area contributed by atoms with Crippen LogP contribution in [0.2, 0.25) is 0 Å². The maximum atomic E-state index is 12.3. The van der Waals surface area contributed by atoms with E-state index in [0.29, 0.717) is 16.1 Å². The van der Waals surface area contributed by atoms with Gasteiger partial charge in [0.2, 0.25) is 0 Å². The van der Waals surface area contributed by atoms with Crippen LogP contribution in [0.3, 0.4) is 0 Å². The highest BCUT2D eigenvalue weighted by Gasteiger charge is 2.15. The quantitative estimate of drug-likeness (QED) is 0.750. The second kappa shape index (κ2) is 5.54. The highest BCUT2D eigenvalue weighted by Crippen LogP contribution is 2.27. The fourth-order valence-corrected chi connectivity index (χ4v) is 4.20. The summed E-state index contributed by atoms with van der Waals surface area (Å²) < 4.78 is 0. The molecular weight excluding hydrogens is 304 g/mol. The van der Waals surface area contributed by atoms with E-state index in [-0.39, 0.29) is 17.8 Å². The molecule has 0 aliphatic rings. The summed E-state index contributed by atoms with van der Waals surface area (Å²) in [7, 11) is 0. The van der Waals surface area contributed by atoms with Crippen molar-refractivity contribution in [2.45, 2.75) is 26.7 Å². The van der Waals surface area contributed by atoms with Crippen molar-refractivity contribution < 1.29 is 4.79 Å². The lowest BCUT2D eigenvalue weighted by molar-refractivity contribution is 0.0994. The zero-order valence-corrected chi connectivity index (χ0v) is 13.4. The Morgan fingerprint density at radius 3 is 2.90 bits per heavy atom. The number of aromatic nitrogens is 2. The largest absolute Gasteiger partial charge is 0.310 e. The Hall–Kier alpha value is -1.79. The Kier molecular flexibility index (Phi) is 3.73. The molecule has 0 saturated carbocycles. The lowest BCUT2D eigenvalue weighted by atomic mass is 10.1. The third-order valence-corrected chi connectivity index (χ3v) is 5.34. The molecule has 3 aromatic rings. The molecule has 0 fully saturated rings. The third-order valence-electron chi connectivity index (χ3n) is 3.39. The fraction of sp³-hybridized carbons (Fsp3) is 0.267. The smallest absolute Gasteiger partial charge is 0.259 e. The minimum Gasteiger partial charge on any atom is -0.310 e. The number of H-pyrrole nitrogens is 1. The number of aryl methyl sites for hydroxylation is 2. The van der Waals surface area contributed by atoms with Gasteiger partial charge < -0.3 is 4.98 Å². The predicted octanol–water partition coefficient (Wildman–Crippen LogP) is 3.34. The number of aromatic amines is 1. The Balaban J connectivity index is 2.02. The minimum absolute atomic E-state index is 0.0171. The summed E-state index contributed by atoms with van der Waals surface area (Å²) in [5, 5.41) is 2.54. The summed E-state index contributed by atoms with van der Waals surface area (Å²) >= 11 is 2.92. The van der Waals surface area contributed by atoms with Gasteiger partial charge in [0.1, 0.15) is 10.7 Å². The van der Waals surface area contributed by atoms with Gasteiger partial charge in [-0.3, -0.25) is 9.59 Å². The van der Waals surface area contributed by atoms with E-state index >= 15 is 0 Å². The van der Waals surface area contributed by atoms with Crippen LogP contribution in [0, 0.1) is 6.92 Å². The number of ketones is 1. The number of carbonyl (C=O) groups is 1. The number of hydrogen-bond donors (Lipinski definition) is 1. The van der Waals surface area contributed by atoms with Gasteiger partial charge in [-0.25, -0.2) is 4.98 Å². The maximum absolute atomic E-state index is 12.3. The molecule has 3 rings (SSSR count). The zero-order valence-electron chi connectivity index (χ0n) is 11.7. The summed E-state index contributed by atoms with van der Waals surface area (Å²) in [5.74, 6) is 0.422. The predicted molar refractivity (Wildman–Crippen MR) is 86.7 cm³/mol. The van der Waals surface area contributed by atoms with Crippen molar-refractivity contribution in [3.63, 3.8) is 0 Å². The standard InChI is InChI=1S/C15H14N2O2S2/c1-3-9-8(2)21-15-13(9)14(19)16-12(17-15)7-10(18)11-5-4-6-20-11/h4-6H,3,7H2,1-2H3,(H,16,17,19). The van der Waals surface area contributed by atoms with Gasteiger partial charge in [0.05, 0.1) is 16.7 Å². The van der Waals surface area contributed by atoms with E-state index in [1.54, 1.807) is 6.07 Å². The van der Waals surface area contributed by atoms with Crippen molar-refractivity contribution >= 4 is 38.7 Å². The lowest BCUT2D eigenvalue weighted by Crippen LogP contribution is -2.14. The van der Waals surface area contributed by atoms with E-state index in [1.807, 2.05) is 25.3 Å². The molecule has 0 aromatic carbocycles. The van der Waals surface area contributed by atoms with E-state index in [1.165, 1.54) is 22.7 Å². The molecule has 0 unspecified atom stereocenters. The first-order valence-corrected chi connectivity index (χ1v) is 8.37. The highest BCUT2D eigenvalue weighted by molar-refractivity contribution is 7.18. The molecule has 0 aliphatic heterocycles. The second-order valence-electron chi connectivity index (χ2n) is 4.76. The Labute approximate surface area is 129 Å². The van der Waals surface area contributed by atoms with E-state index in [2.05, 4.69) is 9.97 Å². The van der Waals surface area contributed by atoms with Crippen LogP contribution < -0.4 is 5.56 Å². The van der Waals surface area contributed by atoms with Gasteiger partial charge in [-0.15, -0.1) is 22.7 Å². The van der Waals surface area contributed by atoms with Crippen LogP contribution in [0.5, 0.6) is 0 Å². The van der Waals surface area contributed by atoms with Crippen molar-refractivity contribution in [1.29, 1.82) is 0 Å². The summed E-state index contributed by atoms with van der Waals surface area (Å²) in [5.41, 5.74) is 0.912. The van der Waals surface area contributed by atoms with E-state index in [9.17, 15) is 9.59 Å². The van der Waals surface area contributed by atoms with E-state index in [4.69, 9.17) is 0 Å². The summed E-state index contributed by atoms with van der Waals surface area (Å²) in [6.45, 7) is 4.03. The summed E-state index contributed by atoms with van der Waals surface area (Å²) in [6.07, 6.45) is 0.939. The first kappa shape index (κ1) is 14.2. The average molecular weight is 318 g/mol. The summed E-state index contributed by atoms with van der Waals surface area (Å²) in [6, 6.07) is 3.63. The summed E-state index contributed by atoms with van der Waals surface area (Å²) in [4.78, 5) is 34.1. The fourth-order valence-electron chi connectivity index (χ4n) is 2.41. The number of Topliss-reactive ketones (excluding diaryl/α,β-unsaturated/α-hetero) is 1. The molecule has 6 heteroatoms. The van der Waals surface area contributed by atoms with Gasteiger partial charge in [0.15, 0.2) is 5.78 Å². The number of thiophene rings is 2. The number of hydrogen-bond acceptors (Lipinski definition) is 5. The van der Waals surface area contributed by atoms with Gasteiger partial charge in [-0.2, -0.15) is 0 Å². The van der Waals surface area contributed by atoms with Gasteiger partial charge in [0.25, 0.3) is 5.56 Å². The first-order valence-electron chi connectivity index (χ1n) is 6.68. The Morgan fingerprint density at radius 2 is 2.24 bits per heavy atom. The van der Waals surface area contributed by atoms with Crippen molar-refractivity contribution in [2.75, 3.05) is 0 Å². The van der Waals surface area contributed by atoms with Crippen LogP contribution in [0.1, 0.15) is 32.9 Å². The van der Waals surface area contributed by atoms with Crippen LogP contribution in [-0.2, 0) is 12.8 Å². The highest BCUT2D eigenvalue weighted by atomic mass is 32.1. The lowest BCUT2D eigenvalue weighted by Gasteiger charge is -2.00. The molecule has 1 N–H and O–H groups in total.